The van der Waals surface area contributed by atoms with Gasteiger partial charge in [0, 0.05) is 55.5 Å². The molecule has 1 aromatic heterocycles. The van der Waals surface area contributed by atoms with Crippen LogP contribution in [0.15, 0.2) is 66.6 Å². The Hall–Kier alpha value is -3.91. The quantitative estimate of drug-likeness (QED) is 0.0925. The molecule has 0 aliphatic carbocycles. The normalized spacial score (nSPS) is 11.1. The number of aromatic nitrogens is 2. The fourth-order valence-electron chi connectivity index (χ4n) is 6.04. The first-order chi connectivity index (χ1) is 22.5. The van der Waals surface area contributed by atoms with E-state index >= 15 is 0 Å². The minimum absolute atomic E-state index is 0. The molecule has 1 heterocycles. The van der Waals surface area contributed by atoms with Crippen molar-refractivity contribution in [3.8, 4) is 39.8 Å². The van der Waals surface area contributed by atoms with Gasteiger partial charge in [0.25, 0.3) is 0 Å². The maximum absolute atomic E-state index is 11.7. The largest absolute Gasteiger partial charge is 0.512 e. The Balaban J connectivity index is 0.000000427. The summed E-state index contributed by atoms with van der Waals surface area (Å²) in [6.45, 7) is 18.5. The molecule has 0 saturated carbocycles. The number of rotatable bonds is 11. The van der Waals surface area contributed by atoms with Gasteiger partial charge in [0.15, 0.2) is 5.78 Å². The van der Waals surface area contributed by atoms with Crippen molar-refractivity contribution in [2.24, 2.45) is 11.8 Å². The maximum Gasteiger partial charge on any atom is 0.162 e. The molecule has 0 bridgehead atoms. The molecule has 4 aromatic rings. The van der Waals surface area contributed by atoms with E-state index in [0.717, 1.165) is 77.0 Å². The fraction of sp³-hybridized carbons (Fsp3) is 0.381. The first kappa shape index (κ1) is 40.3. The Kier molecular flexibility index (Phi) is 16.1. The van der Waals surface area contributed by atoms with Gasteiger partial charge < -0.3 is 10.1 Å². The molecular weight excluding hydrogens is 771 g/mol. The van der Waals surface area contributed by atoms with E-state index < -0.39 is 0 Å². The van der Waals surface area contributed by atoms with Gasteiger partial charge in [-0.15, -0.1) is 34.9 Å². The van der Waals surface area contributed by atoms with Crippen molar-refractivity contribution < 1.29 is 30.0 Å². The summed E-state index contributed by atoms with van der Waals surface area (Å²) in [4.78, 5) is 21.7. The Labute approximate surface area is 301 Å². The average molecular weight is 821 g/mol. The molecule has 0 atom stereocenters. The zero-order valence-electron chi connectivity index (χ0n) is 30.0. The van der Waals surface area contributed by atoms with Gasteiger partial charge >= 0.3 is 0 Å². The summed E-state index contributed by atoms with van der Waals surface area (Å²) in [5.74, 6) is 0.547. The van der Waals surface area contributed by atoms with Crippen LogP contribution in [0.5, 0.6) is 0 Å². The first-order valence-corrected chi connectivity index (χ1v) is 16.9. The predicted octanol–water partition coefficient (Wildman–Crippen LogP) is 10.8. The van der Waals surface area contributed by atoms with Crippen LogP contribution in [0, 0.1) is 56.9 Å². The number of hydrogen-bond acceptors (Lipinski definition) is 5. The molecule has 0 aliphatic heterocycles. The second-order valence-electron chi connectivity index (χ2n) is 12.4. The summed E-state index contributed by atoms with van der Waals surface area (Å²) in [7, 11) is 0. The predicted molar refractivity (Wildman–Crippen MR) is 194 cm³/mol. The number of aliphatic hydroxyl groups excluding tert-OH is 1. The van der Waals surface area contributed by atoms with Gasteiger partial charge in [0.05, 0.1) is 28.8 Å². The van der Waals surface area contributed by atoms with Crippen LogP contribution < -0.4 is 0 Å². The topological polar surface area (TPSA) is 86.9 Å². The number of benzene rings is 3. The van der Waals surface area contributed by atoms with Crippen LogP contribution in [0.2, 0.25) is 0 Å². The number of carbonyl (C=O) groups is 1. The van der Waals surface area contributed by atoms with Gasteiger partial charge in [-0.3, -0.25) is 9.78 Å². The second-order valence-corrected chi connectivity index (χ2v) is 12.4. The number of nitrogens with zero attached hydrogens (tertiary/aromatic N) is 3. The van der Waals surface area contributed by atoms with Crippen molar-refractivity contribution in [2.75, 3.05) is 0 Å². The Morgan fingerprint density at radius 2 is 1.46 bits per heavy atom. The van der Waals surface area contributed by atoms with E-state index in [1.54, 1.807) is 0 Å². The summed E-state index contributed by atoms with van der Waals surface area (Å²) < 4.78 is 0. The maximum atomic E-state index is 11.7. The number of carbonyl (C=O) groups excluding carboxylic acids is 1. The van der Waals surface area contributed by atoms with Crippen LogP contribution >= 0.6 is 0 Å². The third kappa shape index (κ3) is 10.5. The molecule has 0 saturated heterocycles. The van der Waals surface area contributed by atoms with Gasteiger partial charge in [-0.25, -0.2) is 0 Å². The van der Waals surface area contributed by atoms with E-state index in [9.17, 15) is 15.2 Å². The van der Waals surface area contributed by atoms with E-state index in [0.29, 0.717) is 5.56 Å². The van der Waals surface area contributed by atoms with Crippen LogP contribution in [-0.2, 0) is 31.3 Å². The van der Waals surface area contributed by atoms with E-state index in [4.69, 9.17) is 9.97 Å². The standard InChI is InChI=1S/C29H26N3.C13H24O2.Ir/c1-6-23-15-22(16-30)7-8-26(23)27-17-31-28(24-11-18(2)9-19(3)12-24)29(32-27)25-13-20(4)10-21(5)14-25;1-5-10(6-2)12(14)9-13(15)11(7-3)8-4;/h7-11,13-15,17H,6H2,1-5H3;9-11,14H,5-8H2,1-4H3;/q-1;;/b;12-9-;. The molecule has 0 unspecified atom stereocenters. The smallest absolute Gasteiger partial charge is 0.162 e. The first-order valence-electron chi connectivity index (χ1n) is 16.9. The molecular formula is C42H50IrN3O2-. The number of allylic oxidation sites excluding steroid dienone is 2. The molecule has 3 aromatic carbocycles. The van der Waals surface area contributed by atoms with Crippen LogP contribution in [-0.4, -0.2) is 20.9 Å². The Morgan fingerprint density at radius 3 is 2.00 bits per heavy atom. The summed E-state index contributed by atoms with van der Waals surface area (Å²) in [5, 5.41) is 19.0. The van der Waals surface area contributed by atoms with E-state index in [2.05, 4.69) is 77.1 Å². The van der Waals surface area contributed by atoms with Crippen LogP contribution in [0.25, 0.3) is 33.8 Å². The van der Waals surface area contributed by atoms with Crippen LogP contribution in [0.3, 0.4) is 0 Å². The SMILES string of the molecule is CCC(CC)C(=O)/C=C(\O)C(CC)CC.CCc1cc(C#N)ccc1-c1cnc(-c2[c-]c(C)cc(C)c2)c(-c2cc(C)cc(C)c2)n1.[Ir]. The Morgan fingerprint density at radius 1 is 0.854 bits per heavy atom. The number of ketones is 1. The van der Waals surface area contributed by atoms with Gasteiger partial charge in [0.1, 0.15) is 0 Å². The molecule has 1 radical (unpaired) electrons. The van der Waals surface area contributed by atoms with Gasteiger partial charge in [-0.1, -0.05) is 83.9 Å². The van der Waals surface area contributed by atoms with Crippen molar-refractivity contribution >= 4 is 5.78 Å². The Bertz CT molecular complexity index is 1720. The van der Waals surface area contributed by atoms with Gasteiger partial charge in [-0.2, -0.15) is 5.26 Å². The van der Waals surface area contributed by atoms with Crippen molar-refractivity contribution in [3.05, 3.63) is 106 Å². The van der Waals surface area contributed by atoms with Crippen molar-refractivity contribution in [1.29, 1.82) is 5.26 Å². The monoisotopic (exact) mass is 821 g/mol. The zero-order valence-corrected chi connectivity index (χ0v) is 32.4. The third-order valence-electron chi connectivity index (χ3n) is 8.64. The summed E-state index contributed by atoms with van der Waals surface area (Å²) in [5.41, 5.74) is 11.9. The molecule has 6 heteroatoms. The molecule has 255 valence electrons. The minimum Gasteiger partial charge on any atom is -0.512 e. The molecule has 48 heavy (non-hydrogen) atoms. The summed E-state index contributed by atoms with van der Waals surface area (Å²) in [6.07, 6.45) is 7.56. The van der Waals surface area contributed by atoms with E-state index in [-0.39, 0.29) is 43.5 Å². The van der Waals surface area contributed by atoms with Crippen molar-refractivity contribution in [2.45, 2.75) is 94.4 Å². The average Bonchev–Trinajstić information content (AvgIpc) is 3.04. The van der Waals surface area contributed by atoms with Crippen molar-refractivity contribution in [1.82, 2.24) is 9.97 Å². The van der Waals surface area contributed by atoms with Gasteiger partial charge in [-0.05, 0) is 69.2 Å². The molecule has 0 amide bonds. The molecule has 0 aliphatic rings. The second kappa shape index (κ2) is 19.2. The van der Waals surface area contributed by atoms with Crippen LogP contribution in [0.1, 0.15) is 93.7 Å². The third-order valence-corrected chi connectivity index (χ3v) is 8.64. The zero-order chi connectivity index (χ0) is 34.7. The van der Waals surface area contributed by atoms with E-state index in [1.807, 2.05) is 52.1 Å². The number of aliphatic hydroxyl groups is 1. The molecule has 1 N–H and O–H groups in total. The number of hydrogen-bond donors (Lipinski definition) is 1. The molecule has 4 rings (SSSR count). The summed E-state index contributed by atoms with van der Waals surface area (Å²) in [6, 6.07) is 22.2. The summed E-state index contributed by atoms with van der Waals surface area (Å²) >= 11 is 0. The molecule has 0 spiro atoms. The van der Waals surface area contributed by atoms with Crippen molar-refractivity contribution in [3.63, 3.8) is 0 Å². The minimum atomic E-state index is 0. The number of aryl methyl sites for hydroxylation is 5. The van der Waals surface area contributed by atoms with E-state index in [1.165, 1.54) is 22.8 Å². The molecule has 0 fully saturated rings. The fourth-order valence-corrected chi connectivity index (χ4v) is 6.04. The van der Waals surface area contributed by atoms with Crippen LogP contribution in [0.4, 0.5) is 0 Å². The number of nitriles is 1. The molecule has 5 nitrogen and oxygen atoms in total. The van der Waals surface area contributed by atoms with Gasteiger partial charge in [0.2, 0.25) is 0 Å².